The highest BCUT2D eigenvalue weighted by molar-refractivity contribution is 8.00. The van der Waals surface area contributed by atoms with Crippen molar-refractivity contribution in [1.82, 2.24) is 5.32 Å². The van der Waals surface area contributed by atoms with E-state index in [9.17, 15) is 9.59 Å². The molecule has 0 unspecified atom stereocenters. The zero-order valence-corrected chi connectivity index (χ0v) is 12.0. The van der Waals surface area contributed by atoms with Crippen molar-refractivity contribution in [1.29, 1.82) is 0 Å². The predicted octanol–water partition coefficient (Wildman–Crippen LogP) is 2.05. The van der Waals surface area contributed by atoms with Crippen molar-refractivity contribution in [2.75, 3.05) is 17.6 Å². The van der Waals surface area contributed by atoms with Gasteiger partial charge in [-0.2, -0.15) is 0 Å². The summed E-state index contributed by atoms with van der Waals surface area (Å²) in [6.45, 7) is 4.37. The first-order valence-electron chi connectivity index (χ1n) is 6.39. The van der Waals surface area contributed by atoms with E-state index < -0.39 is 0 Å². The van der Waals surface area contributed by atoms with Crippen molar-refractivity contribution in [3.8, 4) is 0 Å². The Balaban J connectivity index is 1.93. The van der Waals surface area contributed by atoms with Crippen LogP contribution in [0, 0.1) is 5.92 Å². The summed E-state index contributed by atoms with van der Waals surface area (Å²) in [6.07, 6.45) is 0.770. The standard InChI is InChI=1S/C14H18N2O2S/c1-9(2)14(18)15-6-5-10-3-4-12-11(7-10)16-13(17)8-19-12/h3-4,7,9H,5-6,8H2,1-2H3,(H,15,18)(H,16,17). The van der Waals surface area contributed by atoms with Crippen LogP contribution >= 0.6 is 11.8 Å². The molecular weight excluding hydrogens is 260 g/mol. The van der Waals surface area contributed by atoms with E-state index in [1.54, 1.807) is 11.8 Å². The smallest absolute Gasteiger partial charge is 0.234 e. The Morgan fingerprint density at radius 3 is 3.00 bits per heavy atom. The van der Waals surface area contributed by atoms with Gasteiger partial charge in [-0.1, -0.05) is 19.9 Å². The van der Waals surface area contributed by atoms with Gasteiger partial charge in [-0.05, 0) is 24.1 Å². The van der Waals surface area contributed by atoms with E-state index in [2.05, 4.69) is 10.6 Å². The minimum atomic E-state index is 0.0132. The normalized spacial score (nSPS) is 13.9. The minimum absolute atomic E-state index is 0.0132. The molecule has 19 heavy (non-hydrogen) atoms. The molecule has 2 N–H and O–H groups in total. The zero-order valence-electron chi connectivity index (χ0n) is 11.2. The van der Waals surface area contributed by atoms with Crippen molar-refractivity contribution >= 4 is 29.3 Å². The van der Waals surface area contributed by atoms with E-state index in [0.29, 0.717) is 12.3 Å². The number of rotatable bonds is 4. The molecule has 1 aliphatic heterocycles. The predicted molar refractivity (Wildman–Crippen MR) is 77.3 cm³/mol. The first kappa shape index (κ1) is 13.9. The van der Waals surface area contributed by atoms with Gasteiger partial charge in [0.1, 0.15) is 0 Å². The number of thioether (sulfide) groups is 1. The molecule has 1 heterocycles. The van der Waals surface area contributed by atoms with Crippen LogP contribution in [-0.2, 0) is 16.0 Å². The number of nitrogens with one attached hydrogen (secondary N) is 2. The summed E-state index contributed by atoms with van der Waals surface area (Å²) in [7, 11) is 0. The zero-order chi connectivity index (χ0) is 13.8. The highest BCUT2D eigenvalue weighted by Gasteiger charge is 2.15. The molecule has 0 radical (unpaired) electrons. The lowest BCUT2D eigenvalue weighted by atomic mass is 10.1. The van der Waals surface area contributed by atoms with Crippen LogP contribution in [0.3, 0.4) is 0 Å². The summed E-state index contributed by atoms with van der Waals surface area (Å²) in [5.74, 6) is 0.611. The van der Waals surface area contributed by atoms with Gasteiger partial charge in [-0.15, -0.1) is 11.8 Å². The van der Waals surface area contributed by atoms with E-state index in [4.69, 9.17) is 0 Å². The molecule has 0 spiro atoms. The van der Waals surface area contributed by atoms with Crippen molar-refractivity contribution in [2.45, 2.75) is 25.2 Å². The number of carbonyl (C=O) groups excluding carboxylic acids is 2. The number of anilines is 1. The molecule has 102 valence electrons. The third-order valence-corrected chi connectivity index (χ3v) is 3.99. The number of fused-ring (bicyclic) bond motifs is 1. The maximum atomic E-state index is 11.4. The Bertz CT molecular complexity index is 500. The maximum absolute atomic E-state index is 11.4. The van der Waals surface area contributed by atoms with Gasteiger partial charge < -0.3 is 10.6 Å². The molecule has 2 rings (SSSR count). The molecule has 0 aliphatic carbocycles. The van der Waals surface area contributed by atoms with E-state index in [1.807, 2.05) is 32.0 Å². The highest BCUT2D eigenvalue weighted by atomic mass is 32.2. The Morgan fingerprint density at radius 2 is 2.26 bits per heavy atom. The molecule has 0 saturated heterocycles. The second-order valence-electron chi connectivity index (χ2n) is 4.86. The first-order valence-corrected chi connectivity index (χ1v) is 7.38. The number of carbonyl (C=O) groups is 2. The Morgan fingerprint density at radius 1 is 1.47 bits per heavy atom. The summed E-state index contributed by atoms with van der Waals surface area (Å²) in [5.41, 5.74) is 2.00. The van der Waals surface area contributed by atoms with Crippen LogP contribution in [0.5, 0.6) is 0 Å². The molecule has 0 saturated carbocycles. The summed E-state index contributed by atoms with van der Waals surface area (Å²) >= 11 is 1.56. The molecule has 0 aromatic heterocycles. The second kappa shape index (κ2) is 6.10. The van der Waals surface area contributed by atoms with Gasteiger partial charge in [0.15, 0.2) is 0 Å². The number of benzene rings is 1. The third-order valence-electron chi connectivity index (χ3n) is 2.91. The number of amides is 2. The Kier molecular flexibility index (Phi) is 4.47. The SMILES string of the molecule is CC(C)C(=O)NCCc1ccc2c(c1)NC(=O)CS2. The lowest BCUT2D eigenvalue weighted by Crippen LogP contribution is -2.29. The fourth-order valence-corrected chi connectivity index (χ4v) is 2.61. The van der Waals surface area contributed by atoms with Gasteiger partial charge in [0.25, 0.3) is 0 Å². The second-order valence-corrected chi connectivity index (χ2v) is 5.88. The van der Waals surface area contributed by atoms with Gasteiger partial charge in [0.05, 0.1) is 11.4 Å². The highest BCUT2D eigenvalue weighted by Crippen LogP contribution is 2.31. The van der Waals surface area contributed by atoms with Crippen LogP contribution in [0.25, 0.3) is 0 Å². The van der Waals surface area contributed by atoms with Crippen molar-refractivity contribution in [3.05, 3.63) is 23.8 Å². The molecule has 5 heteroatoms. The van der Waals surface area contributed by atoms with Crippen LogP contribution in [0.15, 0.2) is 23.1 Å². The van der Waals surface area contributed by atoms with Crippen LogP contribution in [-0.4, -0.2) is 24.1 Å². The molecule has 4 nitrogen and oxygen atoms in total. The fourth-order valence-electron chi connectivity index (χ4n) is 1.82. The van der Waals surface area contributed by atoms with Crippen LogP contribution in [0.1, 0.15) is 19.4 Å². The number of hydrogen-bond acceptors (Lipinski definition) is 3. The molecule has 0 fully saturated rings. The van der Waals surface area contributed by atoms with E-state index in [1.165, 1.54) is 0 Å². The third kappa shape index (κ3) is 3.73. The lowest BCUT2D eigenvalue weighted by Gasteiger charge is -2.17. The Labute approximate surface area is 117 Å². The van der Waals surface area contributed by atoms with E-state index >= 15 is 0 Å². The van der Waals surface area contributed by atoms with Gasteiger partial charge in [0, 0.05) is 17.4 Å². The number of hydrogen-bond donors (Lipinski definition) is 2. The van der Waals surface area contributed by atoms with Gasteiger partial charge in [-0.25, -0.2) is 0 Å². The minimum Gasteiger partial charge on any atom is -0.356 e. The first-order chi connectivity index (χ1) is 9.06. The van der Waals surface area contributed by atoms with Crippen LogP contribution in [0.4, 0.5) is 5.69 Å². The molecule has 1 aliphatic rings. The molecule has 1 aromatic carbocycles. The lowest BCUT2D eigenvalue weighted by molar-refractivity contribution is -0.124. The average molecular weight is 278 g/mol. The van der Waals surface area contributed by atoms with Gasteiger partial charge in [-0.3, -0.25) is 9.59 Å². The summed E-state index contributed by atoms with van der Waals surface area (Å²) in [4.78, 5) is 23.9. The summed E-state index contributed by atoms with van der Waals surface area (Å²) in [6, 6.07) is 6.06. The van der Waals surface area contributed by atoms with Crippen molar-refractivity contribution in [2.24, 2.45) is 5.92 Å². The quantitative estimate of drug-likeness (QED) is 0.886. The van der Waals surface area contributed by atoms with Gasteiger partial charge >= 0.3 is 0 Å². The fraction of sp³-hybridized carbons (Fsp3) is 0.429. The van der Waals surface area contributed by atoms with Crippen molar-refractivity contribution in [3.63, 3.8) is 0 Å². The summed E-state index contributed by atoms with van der Waals surface area (Å²) < 4.78 is 0. The average Bonchev–Trinajstić information content (AvgIpc) is 2.38. The topological polar surface area (TPSA) is 58.2 Å². The molecule has 1 aromatic rings. The van der Waals surface area contributed by atoms with E-state index in [-0.39, 0.29) is 17.7 Å². The monoisotopic (exact) mass is 278 g/mol. The van der Waals surface area contributed by atoms with E-state index in [0.717, 1.165) is 22.6 Å². The van der Waals surface area contributed by atoms with Crippen LogP contribution in [0.2, 0.25) is 0 Å². The molecule has 2 amide bonds. The molecule has 0 atom stereocenters. The van der Waals surface area contributed by atoms with Crippen molar-refractivity contribution < 1.29 is 9.59 Å². The molecule has 0 bridgehead atoms. The largest absolute Gasteiger partial charge is 0.356 e. The van der Waals surface area contributed by atoms with Gasteiger partial charge in [0.2, 0.25) is 11.8 Å². The molecular formula is C14H18N2O2S. The maximum Gasteiger partial charge on any atom is 0.234 e. The summed E-state index contributed by atoms with van der Waals surface area (Å²) in [5, 5.41) is 5.76. The van der Waals surface area contributed by atoms with Crippen LogP contribution < -0.4 is 10.6 Å². The Hall–Kier alpha value is -1.49.